The van der Waals surface area contributed by atoms with E-state index in [1.54, 1.807) is 7.11 Å². The molecule has 4 aromatic rings. The number of aromatic nitrogens is 2. The Balaban J connectivity index is 1.27. The highest BCUT2D eigenvalue weighted by Gasteiger charge is 2.30. The number of hydroxylamine groups is 1. The molecule has 1 atom stereocenters. The highest BCUT2D eigenvalue weighted by molar-refractivity contribution is 6.02. The summed E-state index contributed by atoms with van der Waals surface area (Å²) in [6.07, 6.45) is 5.71. The largest absolute Gasteiger partial charge is 0.494 e. The third-order valence-electron chi connectivity index (χ3n) is 8.50. The lowest BCUT2D eigenvalue weighted by atomic mass is 10.0. The van der Waals surface area contributed by atoms with Crippen LogP contribution in [0.4, 0.5) is 28.7 Å². The number of rotatable bonds is 9. The minimum absolute atomic E-state index is 0.0218. The number of carbonyl (C=O) groups is 1. The van der Waals surface area contributed by atoms with Gasteiger partial charge in [-0.1, -0.05) is 43.0 Å². The molecule has 228 valence electrons. The van der Waals surface area contributed by atoms with Crippen molar-refractivity contribution in [1.29, 1.82) is 0 Å². The Hall–Kier alpha value is -4.67. The van der Waals surface area contributed by atoms with Gasteiger partial charge in [-0.2, -0.15) is 0 Å². The van der Waals surface area contributed by atoms with Crippen LogP contribution in [0.1, 0.15) is 30.9 Å². The topological polar surface area (TPSA) is 95.1 Å². The Bertz CT molecular complexity index is 1650. The molecule has 10 heteroatoms. The second-order valence-electron chi connectivity index (χ2n) is 11.4. The van der Waals surface area contributed by atoms with E-state index in [2.05, 4.69) is 93.5 Å². The van der Waals surface area contributed by atoms with Gasteiger partial charge in [0, 0.05) is 37.7 Å². The number of hydrogen-bond donors (Lipinski definition) is 2. The molecule has 10 nitrogen and oxygen atoms in total. The molecule has 1 amide bonds. The number of nitrogens with one attached hydrogen (secondary N) is 2. The Morgan fingerprint density at radius 3 is 2.57 bits per heavy atom. The lowest BCUT2D eigenvalue weighted by molar-refractivity contribution is -0.111. The molecule has 0 saturated carbocycles. The molecule has 2 aliphatic rings. The second-order valence-corrected chi connectivity index (χ2v) is 11.4. The van der Waals surface area contributed by atoms with Gasteiger partial charge >= 0.3 is 0 Å². The average Bonchev–Trinajstić information content (AvgIpc) is 3.55. The molecular weight excluding hydrogens is 554 g/mol. The van der Waals surface area contributed by atoms with Gasteiger partial charge in [0.15, 0.2) is 5.82 Å². The highest BCUT2D eigenvalue weighted by Crippen LogP contribution is 2.40. The van der Waals surface area contributed by atoms with Gasteiger partial charge in [0.1, 0.15) is 17.9 Å². The summed E-state index contributed by atoms with van der Waals surface area (Å²) >= 11 is 0. The Labute approximate surface area is 258 Å². The van der Waals surface area contributed by atoms with Crippen LogP contribution in [0.2, 0.25) is 0 Å². The maximum Gasteiger partial charge on any atom is 0.247 e. The molecule has 1 aromatic heterocycles. The van der Waals surface area contributed by atoms with Gasteiger partial charge in [-0.15, -0.1) is 0 Å². The Morgan fingerprint density at radius 2 is 1.82 bits per heavy atom. The van der Waals surface area contributed by atoms with Crippen LogP contribution in [0.5, 0.6) is 5.75 Å². The van der Waals surface area contributed by atoms with E-state index in [9.17, 15) is 4.79 Å². The lowest BCUT2D eigenvalue weighted by Gasteiger charge is -2.37. The summed E-state index contributed by atoms with van der Waals surface area (Å²) in [5.74, 6) is 1.58. The molecule has 2 N–H and O–H groups in total. The Morgan fingerprint density at radius 1 is 1.02 bits per heavy atom. The Kier molecular flexibility index (Phi) is 8.63. The van der Waals surface area contributed by atoms with E-state index in [4.69, 9.17) is 9.57 Å². The summed E-state index contributed by atoms with van der Waals surface area (Å²) in [5.41, 5.74) is 3.42. The number of piperidine rings is 1. The number of amides is 1. The number of nitrogens with zero attached hydrogens (tertiary/aromatic N) is 5. The van der Waals surface area contributed by atoms with Gasteiger partial charge in [-0.05, 0) is 61.5 Å². The van der Waals surface area contributed by atoms with E-state index in [0.29, 0.717) is 41.4 Å². The van der Waals surface area contributed by atoms with Gasteiger partial charge in [0.25, 0.3) is 0 Å². The van der Waals surface area contributed by atoms with E-state index < -0.39 is 0 Å². The van der Waals surface area contributed by atoms with Crippen LogP contribution < -0.4 is 25.3 Å². The average molecular weight is 594 g/mol. The molecule has 0 radical (unpaired) electrons. The van der Waals surface area contributed by atoms with Crippen molar-refractivity contribution in [2.24, 2.45) is 0 Å². The number of methoxy groups -OCH3 is 1. The summed E-state index contributed by atoms with van der Waals surface area (Å²) in [5, 5.41) is 10.6. The lowest BCUT2D eigenvalue weighted by Crippen LogP contribution is -2.42. The van der Waals surface area contributed by atoms with Gasteiger partial charge in [-0.25, -0.2) is 15.0 Å². The molecule has 2 aliphatic heterocycles. The number of anilines is 5. The number of carbonyl (C=O) groups excluding carboxylic acids is 1. The van der Waals surface area contributed by atoms with E-state index >= 15 is 0 Å². The summed E-state index contributed by atoms with van der Waals surface area (Å²) < 4.78 is 5.83. The van der Waals surface area contributed by atoms with Crippen LogP contribution >= 0.6 is 0 Å². The fourth-order valence-electron chi connectivity index (χ4n) is 6.09. The quantitative estimate of drug-likeness (QED) is 0.229. The van der Waals surface area contributed by atoms with Gasteiger partial charge in [-0.3, -0.25) is 9.63 Å². The third-order valence-corrected chi connectivity index (χ3v) is 8.50. The predicted molar refractivity (Wildman–Crippen MR) is 176 cm³/mol. The first-order chi connectivity index (χ1) is 21.4. The number of ether oxygens (including phenoxy) is 1. The second kappa shape index (κ2) is 12.9. The molecule has 3 aromatic carbocycles. The van der Waals surface area contributed by atoms with Crippen molar-refractivity contribution >= 4 is 45.4 Å². The minimum atomic E-state index is -0.277. The highest BCUT2D eigenvalue weighted by atomic mass is 16.7. The maximum atomic E-state index is 12.4. The monoisotopic (exact) mass is 593 g/mol. The van der Waals surface area contributed by atoms with Crippen molar-refractivity contribution in [1.82, 2.24) is 14.9 Å². The summed E-state index contributed by atoms with van der Waals surface area (Å²) in [4.78, 5) is 32.1. The fraction of sp³-hybridized carbons (Fsp3) is 0.324. The molecular formula is C34H39N7O3. The first-order valence-corrected chi connectivity index (χ1v) is 15.0. The van der Waals surface area contributed by atoms with Crippen LogP contribution in [-0.2, 0) is 9.63 Å². The van der Waals surface area contributed by atoms with Crippen LogP contribution in [0, 0.1) is 0 Å². The van der Waals surface area contributed by atoms with Gasteiger partial charge in [0.2, 0.25) is 5.91 Å². The van der Waals surface area contributed by atoms with E-state index in [0.717, 1.165) is 38.0 Å². The SMILES string of the molecule is C=CC(=O)Nc1cc(Nc2cc(N3OCC[C@@H]3c3ccc4ccccc4c3)ncn2)c(OC)cc1N1CCC(N(C)C)CC1. The normalized spacial score (nSPS) is 17.2. The number of fused-ring (bicyclic) bond motifs is 1. The zero-order chi connectivity index (χ0) is 30.6. The molecule has 0 aliphatic carbocycles. The first-order valence-electron chi connectivity index (χ1n) is 15.0. The van der Waals surface area contributed by atoms with Crippen molar-refractivity contribution < 1.29 is 14.4 Å². The zero-order valence-electron chi connectivity index (χ0n) is 25.5. The van der Waals surface area contributed by atoms with E-state index in [1.807, 2.05) is 23.3 Å². The summed E-state index contributed by atoms with van der Waals surface area (Å²) in [6.45, 7) is 5.98. The molecule has 0 unspecified atom stereocenters. The maximum absolute atomic E-state index is 12.4. The third kappa shape index (κ3) is 6.17. The first kappa shape index (κ1) is 29.4. The zero-order valence-corrected chi connectivity index (χ0v) is 25.5. The van der Waals surface area contributed by atoms with Crippen molar-refractivity contribution in [2.75, 3.05) is 61.5 Å². The summed E-state index contributed by atoms with van der Waals surface area (Å²) in [6, 6.07) is 21.2. The number of benzene rings is 3. The molecule has 44 heavy (non-hydrogen) atoms. The van der Waals surface area contributed by atoms with Crippen molar-refractivity contribution in [3.63, 3.8) is 0 Å². The van der Waals surface area contributed by atoms with Crippen molar-refractivity contribution in [3.8, 4) is 5.75 Å². The molecule has 0 bridgehead atoms. The van der Waals surface area contributed by atoms with Crippen LogP contribution in [-0.4, -0.2) is 67.7 Å². The van der Waals surface area contributed by atoms with Crippen molar-refractivity contribution in [3.05, 3.63) is 85.2 Å². The van der Waals surface area contributed by atoms with Gasteiger partial charge < -0.3 is 25.2 Å². The van der Waals surface area contributed by atoms with Crippen molar-refractivity contribution in [2.45, 2.75) is 31.3 Å². The fourth-order valence-corrected chi connectivity index (χ4v) is 6.09. The van der Waals surface area contributed by atoms with E-state index in [1.165, 1.54) is 28.7 Å². The number of hydrogen-bond acceptors (Lipinski definition) is 9. The molecule has 2 fully saturated rings. The molecule has 3 heterocycles. The molecule has 2 saturated heterocycles. The smallest absolute Gasteiger partial charge is 0.247 e. The standard InChI is InChI=1S/C34H39N7O3/c1-5-34(42)38-27-19-28(31(43-4)20-30(27)40-15-12-26(13-16-40)39(2)3)37-32-21-33(36-22-35-32)41-29(14-17-44-41)25-11-10-23-8-6-7-9-24(23)18-25/h5-11,18-22,26,29H,1,12-17H2,2-4H3,(H,38,42)(H,35,36,37)/t29-/m1/s1. The van der Waals surface area contributed by atoms with Gasteiger partial charge in [0.05, 0.1) is 36.8 Å². The summed E-state index contributed by atoms with van der Waals surface area (Å²) in [7, 11) is 5.89. The van der Waals surface area contributed by atoms with E-state index in [-0.39, 0.29) is 11.9 Å². The van der Waals surface area contributed by atoms with Crippen LogP contribution in [0.3, 0.4) is 0 Å². The van der Waals surface area contributed by atoms with Crippen LogP contribution in [0.25, 0.3) is 10.8 Å². The molecule has 6 rings (SSSR count). The molecule has 0 spiro atoms. The predicted octanol–water partition coefficient (Wildman–Crippen LogP) is 5.92. The van der Waals surface area contributed by atoms with Crippen LogP contribution in [0.15, 0.2) is 79.6 Å². The minimum Gasteiger partial charge on any atom is -0.494 e.